The van der Waals surface area contributed by atoms with Gasteiger partial charge in [-0.3, -0.25) is 4.79 Å². The highest BCUT2D eigenvalue weighted by molar-refractivity contribution is 7.17. The average molecular weight is 277 g/mol. The van der Waals surface area contributed by atoms with E-state index in [2.05, 4.69) is 20.3 Å². The van der Waals surface area contributed by atoms with Gasteiger partial charge in [-0.15, -0.1) is 16.4 Å². The molecule has 0 radical (unpaired) electrons. The molecule has 3 heterocycles. The Kier molecular flexibility index (Phi) is 2.60. The molecule has 0 aromatic carbocycles. The summed E-state index contributed by atoms with van der Waals surface area (Å²) in [5.41, 5.74) is 0.245. The van der Waals surface area contributed by atoms with Crippen LogP contribution in [-0.2, 0) is 6.54 Å². The van der Waals surface area contributed by atoms with Crippen LogP contribution in [0.4, 0.5) is 0 Å². The third-order valence-electron chi connectivity index (χ3n) is 2.43. The highest BCUT2D eigenvalue weighted by atomic mass is 32.1. The van der Waals surface area contributed by atoms with E-state index >= 15 is 0 Å². The predicted octanol–water partition coefficient (Wildman–Crippen LogP) is 0.323. The zero-order valence-corrected chi connectivity index (χ0v) is 10.2. The second kappa shape index (κ2) is 4.28. The minimum Gasteiger partial charge on any atom is -0.476 e. The Morgan fingerprint density at radius 1 is 1.53 bits per heavy atom. The van der Waals surface area contributed by atoms with Crippen molar-refractivity contribution in [3.8, 4) is 0 Å². The lowest BCUT2D eigenvalue weighted by atomic mass is 10.4. The molecule has 0 saturated heterocycles. The number of carboxylic acid groups (broad SMARTS) is 1. The van der Waals surface area contributed by atoms with Crippen molar-refractivity contribution in [3.63, 3.8) is 0 Å². The number of aromatic carboxylic acids is 1. The lowest BCUT2D eigenvalue weighted by molar-refractivity contribution is 0.0690. The van der Waals surface area contributed by atoms with Gasteiger partial charge in [0.25, 0.3) is 5.56 Å². The fraction of sp³-hybridized carbons (Fsp3) is 0.100. The van der Waals surface area contributed by atoms with E-state index in [1.54, 1.807) is 11.4 Å². The maximum Gasteiger partial charge on any atom is 0.358 e. The Labute approximate surface area is 109 Å². The van der Waals surface area contributed by atoms with Crippen LogP contribution in [0.1, 0.15) is 16.3 Å². The van der Waals surface area contributed by atoms with Crippen molar-refractivity contribution in [2.24, 2.45) is 0 Å². The molecule has 2 N–H and O–H groups in total. The number of hydrogen-bond acceptors (Lipinski definition) is 6. The Morgan fingerprint density at radius 2 is 2.37 bits per heavy atom. The second-order valence-corrected chi connectivity index (χ2v) is 4.67. The minimum absolute atomic E-state index is 0.154. The summed E-state index contributed by atoms with van der Waals surface area (Å²) in [6.45, 7) is 0.154. The number of fused-ring (bicyclic) bond motifs is 1. The normalized spacial score (nSPS) is 10.9. The molecule has 0 spiro atoms. The van der Waals surface area contributed by atoms with Gasteiger partial charge in [0.2, 0.25) is 0 Å². The monoisotopic (exact) mass is 277 g/mol. The summed E-state index contributed by atoms with van der Waals surface area (Å²) >= 11 is 1.32. The van der Waals surface area contributed by atoms with Crippen molar-refractivity contribution in [1.29, 1.82) is 0 Å². The van der Waals surface area contributed by atoms with Crippen molar-refractivity contribution in [1.82, 2.24) is 25.0 Å². The molecule has 0 atom stereocenters. The van der Waals surface area contributed by atoms with E-state index in [-0.39, 0.29) is 17.8 Å². The van der Waals surface area contributed by atoms with Crippen molar-refractivity contribution >= 4 is 27.5 Å². The highest BCUT2D eigenvalue weighted by Crippen LogP contribution is 2.13. The topological polar surface area (TPSA) is 114 Å². The molecule has 3 aromatic heterocycles. The molecule has 3 rings (SSSR count). The maximum atomic E-state index is 11.7. The summed E-state index contributed by atoms with van der Waals surface area (Å²) in [6.07, 6.45) is 1.28. The van der Waals surface area contributed by atoms with Crippen LogP contribution in [-0.4, -0.2) is 36.0 Å². The Bertz CT molecular complexity index is 818. The fourth-order valence-electron chi connectivity index (χ4n) is 1.62. The van der Waals surface area contributed by atoms with E-state index in [9.17, 15) is 9.59 Å². The number of carbonyl (C=O) groups is 1. The third kappa shape index (κ3) is 2.10. The van der Waals surface area contributed by atoms with E-state index in [0.717, 1.165) is 0 Å². The summed E-state index contributed by atoms with van der Waals surface area (Å²) in [4.78, 5) is 29.3. The molecule has 0 fully saturated rings. The van der Waals surface area contributed by atoms with Gasteiger partial charge in [0.1, 0.15) is 17.1 Å². The number of thiophene rings is 1. The van der Waals surface area contributed by atoms with Gasteiger partial charge in [0.15, 0.2) is 5.69 Å². The molecule has 3 aromatic rings. The SMILES string of the molecule is O=C(O)c1cn(Cc2nc3ccsc3c(=O)[nH]2)nn1. The molecule has 0 unspecified atom stereocenters. The maximum absolute atomic E-state index is 11.7. The second-order valence-electron chi connectivity index (χ2n) is 3.75. The van der Waals surface area contributed by atoms with Gasteiger partial charge in [-0.2, -0.15) is 0 Å². The van der Waals surface area contributed by atoms with Crippen LogP contribution in [0.3, 0.4) is 0 Å². The van der Waals surface area contributed by atoms with Crippen molar-refractivity contribution < 1.29 is 9.90 Å². The molecule has 0 aliphatic heterocycles. The lowest BCUT2D eigenvalue weighted by Crippen LogP contribution is -2.13. The van der Waals surface area contributed by atoms with Crippen molar-refractivity contribution in [2.45, 2.75) is 6.54 Å². The lowest BCUT2D eigenvalue weighted by Gasteiger charge is -1.99. The molecule has 0 aliphatic carbocycles. The van der Waals surface area contributed by atoms with Gasteiger partial charge in [0, 0.05) is 0 Å². The summed E-state index contributed by atoms with van der Waals surface area (Å²) in [7, 11) is 0. The Hall–Kier alpha value is -2.55. The van der Waals surface area contributed by atoms with E-state index in [0.29, 0.717) is 16.0 Å². The number of carboxylic acids is 1. The van der Waals surface area contributed by atoms with Crippen LogP contribution in [0.2, 0.25) is 0 Å². The summed E-state index contributed by atoms with van der Waals surface area (Å²) in [6, 6.07) is 1.75. The van der Waals surface area contributed by atoms with E-state index in [4.69, 9.17) is 5.11 Å². The predicted molar refractivity (Wildman–Crippen MR) is 66.3 cm³/mol. The van der Waals surface area contributed by atoms with Crippen LogP contribution < -0.4 is 5.56 Å². The molecule has 96 valence electrons. The summed E-state index contributed by atoms with van der Waals surface area (Å²) in [5, 5.41) is 17.7. The largest absolute Gasteiger partial charge is 0.476 e. The van der Waals surface area contributed by atoms with Gasteiger partial charge < -0.3 is 10.1 Å². The zero-order chi connectivity index (χ0) is 13.4. The molecule has 9 heteroatoms. The molecular weight excluding hydrogens is 270 g/mol. The number of hydrogen-bond donors (Lipinski definition) is 2. The van der Waals surface area contributed by atoms with Crippen LogP contribution in [0.5, 0.6) is 0 Å². The van der Waals surface area contributed by atoms with Crippen LogP contribution in [0.25, 0.3) is 10.2 Å². The first-order valence-corrected chi connectivity index (χ1v) is 6.11. The van der Waals surface area contributed by atoms with E-state index < -0.39 is 5.97 Å². The molecule has 0 bridgehead atoms. The Balaban J connectivity index is 1.96. The fourth-order valence-corrected chi connectivity index (χ4v) is 2.35. The first-order chi connectivity index (χ1) is 9.13. The molecule has 19 heavy (non-hydrogen) atoms. The minimum atomic E-state index is -1.15. The molecule has 0 aliphatic rings. The number of nitrogens with one attached hydrogen (secondary N) is 1. The summed E-state index contributed by atoms with van der Waals surface area (Å²) < 4.78 is 1.87. The molecular formula is C10H7N5O3S. The van der Waals surface area contributed by atoms with Crippen LogP contribution >= 0.6 is 11.3 Å². The van der Waals surface area contributed by atoms with Gasteiger partial charge in [-0.05, 0) is 11.4 Å². The quantitative estimate of drug-likeness (QED) is 0.712. The van der Waals surface area contributed by atoms with Crippen molar-refractivity contribution in [3.05, 3.63) is 39.5 Å². The van der Waals surface area contributed by atoms with Gasteiger partial charge >= 0.3 is 5.97 Å². The molecule has 0 amide bonds. The van der Waals surface area contributed by atoms with E-state index in [1.807, 2.05) is 0 Å². The van der Waals surface area contributed by atoms with E-state index in [1.165, 1.54) is 22.2 Å². The number of nitrogens with zero attached hydrogens (tertiary/aromatic N) is 4. The number of rotatable bonds is 3. The third-order valence-corrected chi connectivity index (χ3v) is 3.34. The smallest absolute Gasteiger partial charge is 0.358 e. The van der Waals surface area contributed by atoms with Crippen LogP contribution in [0.15, 0.2) is 22.4 Å². The first-order valence-electron chi connectivity index (χ1n) is 5.23. The standard InChI is InChI=1S/C10H7N5O3S/c16-9-8-5(1-2-19-8)11-7(12-9)4-15-3-6(10(17)18)13-14-15/h1-3H,4H2,(H,17,18)(H,11,12,16). The van der Waals surface area contributed by atoms with Gasteiger partial charge in [-0.1, -0.05) is 5.21 Å². The van der Waals surface area contributed by atoms with Crippen molar-refractivity contribution in [2.75, 3.05) is 0 Å². The van der Waals surface area contributed by atoms with Gasteiger partial charge in [-0.25, -0.2) is 14.5 Å². The molecule has 8 nitrogen and oxygen atoms in total. The Morgan fingerprint density at radius 3 is 3.11 bits per heavy atom. The first kappa shape index (κ1) is 11.5. The number of H-pyrrole nitrogens is 1. The average Bonchev–Trinajstić information content (AvgIpc) is 2.97. The molecule has 0 saturated carbocycles. The summed E-state index contributed by atoms with van der Waals surface area (Å²) in [5.74, 6) is -0.751. The zero-order valence-electron chi connectivity index (χ0n) is 9.40. The van der Waals surface area contributed by atoms with Crippen LogP contribution in [0, 0.1) is 0 Å². The van der Waals surface area contributed by atoms with Gasteiger partial charge in [0.05, 0.1) is 11.7 Å². The highest BCUT2D eigenvalue weighted by Gasteiger charge is 2.10. The number of aromatic nitrogens is 5. The number of aromatic amines is 1.